The Labute approximate surface area is 151 Å². The normalized spacial score (nSPS) is 17.4. The van der Waals surface area contributed by atoms with Crippen molar-refractivity contribution in [2.45, 2.75) is 6.92 Å². The van der Waals surface area contributed by atoms with Crippen LogP contribution in [0.1, 0.15) is 12.5 Å². The molecule has 0 spiro atoms. The lowest BCUT2D eigenvalue weighted by molar-refractivity contribution is -0.115. The lowest BCUT2D eigenvalue weighted by atomic mass is 10.2. The van der Waals surface area contributed by atoms with Gasteiger partial charge in [-0.15, -0.1) is 0 Å². The van der Waals surface area contributed by atoms with Gasteiger partial charge in [0.15, 0.2) is 5.17 Å². The SMILES string of the molecule is CCOc1ccc(N=C2NC(=O)/C(=C\C=C\c3ccccc3)S2)cc1. The van der Waals surface area contributed by atoms with Crippen molar-refractivity contribution in [1.82, 2.24) is 5.32 Å². The molecule has 25 heavy (non-hydrogen) atoms. The Morgan fingerprint density at radius 2 is 1.88 bits per heavy atom. The van der Waals surface area contributed by atoms with E-state index < -0.39 is 0 Å². The van der Waals surface area contributed by atoms with Crippen LogP contribution in [0, 0.1) is 0 Å². The highest BCUT2D eigenvalue weighted by molar-refractivity contribution is 8.18. The van der Waals surface area contributed by atoms with Gasteiger partial charge in [0.2, 0.25) is 0 Å². The lowest BCUT2D eigenvalue weighted by Gasteiger charge is -2.02. The maximum Gasteiger partial charge on any atom is 0.264 e. The first-order valence-corrected chi connectivity index (χ1v) is 8.80. The van der Waals surface area contributed by atoms with Crippen LogP contribution in [0.15, 0.2) is 76.6 Å². The van der Waals surface area contributed by atoms with Crippen molar-refractivity contribution in [2.75, 3.05) is 6.61 Å². The summed E-state index contributed by atoms with van der Waals surface area (Å²) in [6, 6.07) is 17.4. The van der Waals surface area contributed by atoms with E-state index in [4.69, 9.17) is 4.74 Å². The number of hydrogen-bond donors (Lipinski definition) is 1. The molecule has 0 atom stereocenters. The number of hydrogen-bond acceptors (Lipinski definition) is 4. The fourth-order valence-corrected chi connectivity index (χ4v) is 3.00. The zero-order valence-electron chi connectivity index (χ0n) is 13.8. The molecule has 5 heteroatoms. The van der Waals surface area contributed by atoms with Gasteiger partial charge in [-0.1, -0.05) is 42.5 Å². The summed E-state index contributed by atoms with van der Waals surface area (Å²) in [4.78, 5) is 17.1. The van der Waals surface area contributed by atoms with Crippen LogP contribution in [-0.4, -0.2) is 17.7 Å². The Kier molecular flexibility index (Phi) is 5.69. The van der Waals surface area contributed by atoms with Crippen LogP contribution < -0.4 is 10.1 Å². The van der Waals surface area contributed by atoms with Crippen molar-refractivity contribution in [1.29, 1.82) is 0 Å². The number of nitrogens with one attached hydrogen (secondary N) is 1. The highest BCUT2D eigenvalue weighted by Crippen LogP contribution is 2.27. The van der Waals surface area contributed by atoms with Crippen LogP contribution in [0.4, 0.5) is 5.69 Å². The van der Waals surface area contributed by atoms with Crippen molar-refractivity contribution >= 4 is 34.6 Å². The van der Waals surface area contributed by atoms with E-state index in [1.54, 1.807) is 6.08 Å². The summed E-state index contributed by atoms with van der Waals surface area (Å²) in [5.74, 6) is 0.675. The Balaban J connectivity index is 1.67. The number of ether oxygens (including phenoxy) is 1. The summed E-state index contributed by atoms with van der Waals surface area (Å²) in [6.45, 7) is 2.57. The van der Waals surface area contributed by atoms with E-state index in [2.05, 4.69) is 10.3 Å². The van der Waals surface area contributed by atoms with Gasteiger partial charge in [0.05, 0.1) is 17.2 Å². The third-order valence-electron chi connectivity index (χ3n) is 3.37. The van der Waals surface area contributed by atoms with E-state index in [-0.39, 0.29) is 5.91 Å². The van der Waals surface area contributed by atoms with Gasteiger partial charge in [-0.2, -0.15) is 0 Å². The Morgan fingerprint density at radius 3 is 2.60 bits per heavy atom. The molecule has 3 rings (SSSR count). The van der Waals surface area contributed by atoms with Crippen molar-refractivity contribution < 1.29 is 9.53 Å². The van der Waals surface area contributed by atoms with Crippen LogP contribution >= 0.6 is 11.8 Å². The van der Waals surface area contributed by atoms with Gasteiger partial charge in [-0.25, -0.2) is 4.99 Å². The quantitative estimate of drug-likeness (QED) is 0.806. The van der Waals surface area contributed by atoms with Crippen molar-refractivity contribution in [3.8, 4) is 5.75 Å². The van der Waals surface area contributed by atoms with Gasteiger partial charge in [-0.05, 0) is 54.6 Å². The number of amides is 1. The van der Waals surface area contributed by atoms with E-state index in [1.165, 1.54) is 11.8 Å². The van der Waals surface area contributed by atoms with Crippen molar-refractivity contribution in [3.63, 3.8) is 0 Å². The summed E-state index contributed by atoms with van der Waals surface area (Å²) < 4.78 is 5.41. The molecule has 1 fully saturated rings. The molecule has 0 radical (unpaired) electrons. The molecule has 1 saturated heterocycles. The van der Waals surface area contributed by atoms with Gasteiger partial charge < -0.3 is 10.1 Å². The summed E-state index contributed by atoms with van der Waals surface area (Å²) in [5, 5.41) is 3.36. The van der Waals surface area contributed by atoms with E-state index in [9.17, 15) is 4.79 Å². The molecule has 1 aliphatic rings. The van der Waals surface area contributed by atoms with Gasteiger partial charge in [0.25, 0.3) is 5.91 Å². The molecule has 0 aromatic heterocycles. The Hall–Kier alpha value is -2.79. The van der Waals surface area contributed by atoms with Crippen molar-refractivity contribution in [2.24, 2.45) is 4.99 Å². The molecule has 0 aliphatic carbocycles. The van der Waals surface area contributed by atoms with Crippen LogP contribution in [0.5, 0.6) is 5.75 Å². The van der Waals surface area contributed by atoms with Crippen molar-refractivity contribution in [3.05, 3.63) is 77.2 Å². The molecule has 126 valence electrons. The second-order valence-corrected chi connectivity index (χ2v) is 6.23. The summed E-state index contributed by atoms with van der Waals surface area (Å²) in [6.07, 6.45) is 5.63. The first-order chi connectivity index (χ1) is 12.2. The van der Waals surface area contributed by atoms with Crippen LogP contribution in [0.3, 0.4) is 0 Å². The first kappa shape index (κ1) is 17.0. The highest BCUT2D eigenvalue weighted by Gasteiger charge is 2.23. The number of aliphatic imine (C=N–C) groups is 1. The standard InChI is InChI=1S/C20H18N2O2S/c1-2-24-17-13-11-16(12-14-17)21-20-22-19(23)18(25-20)10-6-9-15-7-4-3-5-8-15/h3-14H,2H2,1H3,(H,21,22,23)/b9-6+,18-10+. The molecule has 1 heterocycles. The number of allylic oxidation sites excluding steroid dienone is 2. The Bertz CT molecular complexity index is 825. The summed E-state index contributed by atoms with van der Waals surface area (Å²) in [7, 11) is 0. The monoisotopic (exact) mass is 350 g/mol. The smallest absolute Gasteiger partial charge is 0.264 e. The van der Waals surface area contributed by atoms with Gasteiger partial charge in [0, 0.05) is 0 Å². The number of carbonyl (C=O) groups excluding carboxylic acids is 1. The molecule has 1 amide bonds. The second kappa shape index (κ2) is 8.35. The molecule has 0 unspecified atom stereocenters. The maximum atomic E-state index is 12.0. The average Bonchev–Trinajstić information content (AvgIpc) is 2.97. The molecule has 0 bridgehead atoms. The summed E-state index contributed by atoms with van der Waals surface area (Å²) >= 11 is 1.33. The fourth-order valence-electron chi connectivity index (χ4n) is 2.21. The maximum absolute atomic E-state index is 12.0. The molecule has 1 N–H and O–H groups in total. The zero-order valence-corrected chi connectivity index (χ0v) is 14.6. The van der Waals surface area contributed by atoms with Gasteiger partial charge in [0.1, 0.15) is 5.75 Å². The fraction of sp³-hybridized carbons (Fsp3) is 0.100. The largest absolute Gasteiger partial charge is 0.494 e. The minimum absolute atomic E-state index is 0.132. The number of carbonyl (C=O) groups is 1. The molecular weight excluding hydrogens is 332 g/mol. The number of nitrogens with zero attached hydrogens (tertiary/aromatic N) is 1. The highest BCUT2D eigenvalue weighted by atomic mass is 32.2. The molecule has 4 nitrogen and oxygen atoms in total. The third-order valence-corrected chi connectivity index (χ3v) is 4.29. The topological polar surface area (TPSA) is 50.7 Å². The molecule has 0 saturated carbocycles. The third kappa shape index (κ3) is 4.84. The predicted octanol–water partition coefficient (Wildman–Crippen LogP) is 4.53. The van der Waals surface area contributed by atoms with E-state index in [0.29, 0.717) is 16.7 Å². The second-order valence-electron chi connectivity index (χ2n) is 5.20. The van der Waals surface area contributed by atoms with E-state index in [1.807, 2.05) is 73.7 Å². The number of benzene rings is 2. The minimum Gasteiger partial charge on any atom is -0.494 e. The average molecular weight is 350 g/mol. The number of rotatable bonds is 5. The van der Waals surface area contributed by atoms with E-state index in [0.717, 1.165) is 17.0 Å². The van der Waals surface area contributed by atoms with Crippen LogP contribution in [0.25, 0.3) is 6.08 Å². The van der Waals surface area contributed by atoms with E-state index >= 15 is 0 Å². The minimum atomic E-state index is -0.132. The Morgan fingerprint density at radius 1 is 1.12 bits per heavy atom. The molecule has 1 aliphatic heterocycles. The van der Waals surface area contributed by atoms with Gasteiger partial charge >= 0.3 is 0 Å². The first-order valence-electron chi connectivity index (χ1n) is 7.99. The molecule has 2 aromatic rings. The zero-order chi connectivity index (χ0) is 17.5. The molecule has 2 aromatic carbocycles. The predicted molar refractivity (Wildman–Crippen MR) is 104 cm³/mol. The lowest BCUT2D eigenvalue weighted by Crippen LogP contribution is -2.19. The van der Waals surface area contributed by atoms with Crippen LogP contribution in [0.2, 0.25) is 0 Å². The number of amidine groups is 1. The number of thioether (sulfide) groups is 1. The van der Waals surface area contributed by atoms with Gasteiger partial charge in [-0.3, -0.25) is 4.79 Å². The summed E-state index contributed by atoms with van der Waals surface area (Å²) in [5.41, 5.74) is 1.86. The molecular formula is C20H18N2O2S. The van der Waals surface area contributed by atoms with Crippen LogP contribution in [-0.2, 0) is 4.79 Å².